The van der Waals surface area contributed by atoms with Gasteiger partial charge in [-0.05, 0) is 70.6 Å². The van der Waals surface area contributed by atoms with Crippen LogP contribution < -0.4 is 5.32 Å². The monoisotopic (exact) mass is 625 g/mol. The summed E-state index contributed by atoms with van der Waals surface area (Å²) in [7, 11) is -4.45. The van der Waals surface area contributed by atoms with Gasteiger partial charge in [0, 0.05) is 0 Å². The molecule has 3 unspecified atom stereocenters. The maximum Gasteiger partial charge on any atom is 0.267 e. The van der Waals surface area contributed by atoms with Crippen molar-refractivity contribution < 1.29 is 28.0 Å². The SMILES string of the molecule is CCCCCC/C=C/CC/C=C/CC/C=C/C(O)C(CS(=O)(=O)O)NC(=O)C(O)CCCC/C=C\CCCCCCCC. The van der Waals surface area contributed by atoms with Gasteiger partial charge in [-0.25, -0.2) is 0 Å². The molecular weight excluding hydrogens is 562 g/mol. The maximum atomic E-state index is 12.5. The van der Waals surface area contributed by atoms with Crippen LogP contribution in [0.4, 0.5) is 0 Å². The van der Waals surface area contributed by atoms with Crippen LogP contribution in [0.15, 0.2) is 48.6 Å². The van der Waals surface area contributed by atoms with E-state index >= 15 is 0 Å². The number of nitrogens with one attached hydrogen (secondary N) is 1. The minimum atomic E-state index is -4.45. The van der Waals surface area contributed by atoms with Gasteiger partial charge in [0.25, 0.3) is 10.1 Å². The van der Waals surface area contributed by atoms with Gasteiger partial charge >= 0.3 is 0 Å². The molecule has 250 valence electrons. The van der Waals surface area contributed by atoms with E-state index < -0.39 is 40.0 Å². The predicted octanol–water partition coefficient (Wildman–Crippen LogP) is 8.15. The first kappa shape index (κ1) is 41.3. The molecule has 0 rings (SSSR count). The zero-order chi connectivity index (χ0) is 32.0. The second-order valence-corrected chi connectivity index (χ2v) is 13.1. The van der Waals surface area contributed by atoms with E-state index in [1.54, 1.807) is 6.08 Å². The third-order valence-corrected chi connectivity index (χ3v) is 8.09. The quantitative estimate of drug-likeness (QED) is 0.0378. The van der Waals surface area contributed by atoms with E-state index in [1.165, 1.54) is 70.3 Å². The number of hydrogen-bond acceptors (Lipinski definition) is 5. The van der Waals surface area contributed by atoms with Crippen LogP contribution in [0.25, 0.3) is 0 Å². The van der Waals surface area contributed by atoms with Crippen LogP contribution in [-0.2, 0) is 14.9 Å². The Bertz CT molecular complexity index is 881. The number of rotatable bonds is 29. The molecule has 0 saturated heterocycles. The molecule has 0 aromatic carbocycles. The van der Waals surface area contributed by atoms with E-state index in [4.69, 9.17) is 0 Å². The molecule has 3 atom stereocenters. The molecule has 0 aliphatic heterocycles. The largest absolute Gasteiger partial charge is 0.387 e. The van der Waals surface area contributed by atoms with E-state index in [0.717, 1.165) is 44.9 Å². The Morgan fingerprint density at radius 2 is 1.05 bits per heavy atom. The average Bonchev–Trinajstić information content (AvgIpc) is 2.96. The summed E-state index contributed by atoms with van der Waals surface area (Å²) >= 11 is 0. The Kier molecular flexibility index (Phi) is 27.8. The molecule has 7 nitrogen and oxygen atoms in total. The number of allylic oxidation sites excluding steroid dienone is 7. The highest BCUT2D eigenvalue weighted by Crippen LogP contribution is 2.10. The molecule has 0 aliphatic rings. The first-order chi connectivity index (χ1) is 20.7. The smallest absolute Gasteiger partial charge is 0.267 e. The normalized spacial score (nSPS) is 14.8. The molecule has 0 fully saturated rings. The van der Waals surface area contributed by atoms with Crippen molar-refractivity contribution in [3.05, 3.63) is 48.6 Å². The molecule has 0 spiro atoms. The third kappa shape index (κ3) is 28.8. The number of aliphatic hydroxyl groups is 2. The first-order valence-electron chi connectivity index (χ1n) is 16.9. The van der Waals surface area contributed by atoms with Crippen LogP contribution in [0.3, 0.4) is 0 Å². The van der Waals surface area contributed by atoms with Gasteiger partial charge in [0.15, 0.2) is 0 Å². The van der Waals surface area contributed by atoms with Crippen LogP contribution in [0.5, 0.6) is 0 Å². The van der Waals surface area contributed by atoms with Crippen LogP contribution >= 0.6 is 0 Å². The first-order valence-corrected chi connectivity index (χ1v) is 18.6. The van der Waals surface area contributed by atoms with Gasteiger partial charge in [0.2, 0.25) is 5.91 Å². The lowest BCUT2D eigenvalue weighted by molar-refractivity contribution is -0.130. The molecule has 0 aromatic rings. The fraction of sp³-hybridized carbons (Fsp3) is 0.743. The van der Waals surface area contributed by atoms with E-state index in [1.807, 2.05) is 0 Å². The highest BCUT2D eigenvalue weighted by molar-refractivity contribution is 7.85. The summed E-state index contributed by atoms with van der Waals surface area (Å²) in [6.45, 7) is 4.43. The molecular formula is C35H63NO6S. The zero-order valence-electron chi connectivity index (χ0n) is 27.2. The lowest BCUT2D eigenvalue weighted by atomic mass is 10.1. The van der Waals surface area contributed by atoms with Crippen LogP contribution in [0, 0.1) is 0 Å². The Morgan fingerprint density at radius 3 is 1.56 bits per heavy atom. The van der Waals surface area contributed by atoms with Crippen molar-refractivity contribution in [2.75, 3.05) is 5.75 Å². The van der Waals surface area contributed by atoms with Crippen molar-refractivity contribution >= 4 is 16.0 Å². The van der Waals surface area contributed by atoms with Crippen LogP contribution in [-0.4, -0.2) is 53.1 Å². The van der Waals surface area contributed by atoms with Gasteiger partial charge in [0.05, 0.1) is 17.9 Å². The predicted molar refractivity (Wildman–Crippen MR) is 181 cm³/mol. The molecule has 0 heterocycles. The summed E-state index contributed by atoms with van der Waals surface area (Å²) in [5.74, 6) is -1.59. The number of carbonyl (C=O) groups is 1. The number of aliphatic hydroxyl groups excluding tert-OH is 2. The van der Waals surface area contributed by atoms with E-state index in [9.17, 15) is 28.0 Å². The van der Waals surface area contributed by atoms with Crippen LogP contribution in [0.1, 0.15) is 142 Å². The average molecular weight is 626 g/mol. The van der Waals surface area contributed by atoms with Crippen molar-refractivity contribution in [2.45, 2.75) is 161 Å². The fourth-order valence-electron chi connectivity index (χ4n) is 4.66. The second kappa shape index (κ2) is 29.0. The standard InChI is InChI=1S/C35H63NO6S/c1-3-5-7-9-11-13-15-17-18-20-21-23-25-27-29-33(37)32(31-43(40,41)42)36-35(39)34(38)30-28-26-24-22-19-16-14-12-10-8-6-4-2/h13,15,19-22,27,29,32-34,37-38H,3-12,14,16-18,23-26,28,30-31H2,1-2H3,(H,36,39)(H,40,41,42)/b15-13+,21-20+,22-19-,29-27+. The van der Waals surface area contributed by atoms with Gasteiger partial charge in [-0.2, -0.15) is 8.42 Å². The van der Waals surface area contributed by atoms with Gasteiger partial charge < -0.3 is 15.5 Å². The molecule has 0 aromatic heterocycles. The van der Waals surface area contributed by atoms with E-state index in [-0.39, 0.29) is 6.42 Å². The van der Waals surface area contributed by atoms with Crippen molar-refractivity contribution in [2.24, 2.45) is 0 Å². The minimum Gasteiger partial charge on any atom is -0.387 e. The molecule has 0 saturated carbocycles. The summed E-state index contributed by atoms with van der Waals surface area (Å²) in [5, 5.41) is 23.2. The highest BCUT2D eigenvalue weighted by atomic mass is 32.2. The molecule has 0 aliphatic carbocycles. The van der Waals surface area contributed by atoms with Crippen molar-refractivity contribution in [1.29, 1.82) is 0 Å². The molecule has 1 amide bonds. The number of unbranched alkanes of at least 4 members (excludes halogenated alkanes) is 14. The Balaban J connectivity index is 4.32. The van der Waals surface area contributed by atoms with E-state index in [0.29, 0.717) is 12.8 Å². The lowest BCUT2D eigenvalue weighted by Gasteiger charge is -2.22. The second-order valence-electron chi connectivity index (χ2n) is 11.6. The number of amides is 1. The fourth-order valence-corrected chi connectivity index (χ4v) is 5.39. The topological polar surface area (TPSA) is 124 Å². The zero-order valence-corrected chi connectivity index (χ0v) is 28.0. The summed E-state index contributed by atoms with van der Waals surface area (Å²) in [6, 6.07) is -1.26. The van der Waals surface area contributed by atoms with Crippen molar-refractivity contribution in [3.8, 4) is 0 Å². The van der Waals surface area contributed by atoms with Gasteiger partial charge in [-0.1, -0.05) is 120 Å². The summed E-state index contributed by atoms with van der Waals surface area (Å²) < 4.78 is 32.3. The summed E-state index contributed by atoms with van der Waals surface area (Å²) in [4.78, 5) is 12.5. The van der Waals surface area contributed by atoms with Crippen molar-refractivity contribution in [1.82, 2.24) is 5.32 Å². The van der Waals surface area contributed by atoms with E-state index in [2.05, 4.69) is 55.6 Å². The number of carbonyl (C=O) groups excluding carboxylic acids is 1. The molecule has 4 N–H and O–H groups in total. The van der Waals surface area contributed by atoms with Gasteiger partial charge in [-0.15, -0.1) is 0 Å². The van der Waals surface area contributed by atoms with Gasteiger partial charge in [0.1, 0.15) is 6.10 Å². The third-order valence-electron chi connectivity index (χ3n) is 7.31. The summed E-state index contributed by atoms with van der Waals surface area (Å²) in [5.41, 5.74) is 0. The van der Waals surface area contributed by atoms with Crippen LogP contribution in [0.2, 0.25) is 0 Å². The molecule has 43 heavy (non-hydrogen) atoms. The minimum absolute atomic E-state index is 0.239. The molecule has 0 radical (unpaired) electrons. The number of hydrogen-bond donors (Lipinski definition) is 4. The lowest BCUT2D eigenvalue weighted by Crippen LogP contribution is -2.50. The maximum absolute atomic E-state index is 12.5. The Morgan fingerprint density at radius 1 is 0.628 bits per heavy atom. The Labute approximate surface area is 263 Å². The summed E-state index contributed by atoms with van der Waals surface area (Å²) in [6.07, 6.45) is 34.5. The molecule has 0 bridgehead atoms. The van der Waals surface area contributed by atoms with Gasteiger partial charge in [-0.3, -0.25) is 9.35 Å². The highest BCUT2D eigenvalue weighted by Gasteiger charge is 2.27. The molecule has 8 heteroatoms. The Hall–Kier alpha value is -1.74. The van der Waals surface area contributed by atoms with Crippen molar-refractivity contribution in [3.63, 3.8) is 0 Å².